The normalized spacial score (nSPS) is 10.6. The van der Waals surface area contributed by atoms with Crippen LogP contribution in [0.3, 0.4) is 0 Å². The molecule has 0 saturated carbocycles. The summed E-state index contributed by atoms with van der Waals surface area (Å²) in [7, 11) is 0. The Labute approximate surface area is 104 Å². The molecule has 0 atom stereocenters. The molecule has 0 aliphatic heterocycles. The summed E-state index contributed by atoms with van der Waals surface area (Å²) in [5.74, 6) is 0. The van der Waals surface area contributed by atoms with Crippen LogP contribution in [0.15, 0.2) is 48.1 Å². The van der Waals surface area contributed by atoms with Crippen LogP contribution in [0.1, 0.15) is 5.56 Å². The van der Waals surface area contributed by atoms with Gasteiger partial charge >= 0.3 is 0 Å². The molecule has 2 aromatic heterocycles. The molecular weight excluding hydrogens is 228 g/mol. The number of aromatic amines is 1. The lowest BCUT2D eigenvalue weighted by Gasteiger charge is -2.00. The number of benzene rings is 1. The van der Waals surface area contributed by atoms with Gasteiger partial charge in [0, 0.05) is 5.56 Å². The number of hydrogen-bond acceptors (Lipinski definition) is 2. The van der Waals surface area contributed by atoms with E-state index in [2.05, 4.69) is 40.5 Å². The van der Waals surface area contributed by atoms with Gasteiger partial charge in [-0.25, -0.2) is 4.98 Å². The van der Waals surface area contributed by atoms with E-state index in [0.29, 0.717) is 0 Å². The van der Waals surface area contributed by atoms with Gasteiger partial charge in [-0.05, 0) is 23.9 Å². The molecule has 0 amide bonds. The number of rotatable bonds is 2. The molecule has 1 N–H and O–H groups in total. The molecule has 3 rings (SSSR count). The molecule has 2 nitrogen and oxygen atoms in total. The summed E-state index contributed by atoms with van der Waals surface area (Å²) in [4.78, 5) is 8.89. The van der Waals surface area contributed by atoms with Gasteiger partial charge in [0.05, 0.1) is 22.6 Å². The quantitative estimate of drug-likeness (QED) is 0.717. The lowest BCUT2D eigenvalue weighted by molar-refractivity contribution is 1.32. The average molecular weight is 240 g/mol. The minimum atomic E-state index is 1.02. The molecule has 3 aromatic rings. The lowest BCUT2D eigenvalue weighted by atomic mass is 10.1. The number of aryl methyl sites for hydroxylation is 1. The molecular formula is C14H12N2S. The summed E-state index contributed by atoms with van der Waals surface area (Å²) >= 11 is 1.74. The van der Waals surface area contributed by atoms with Gasteiger partial charge < -0.3 is 4.98 Å². The second kappa shape index (κ2) is 4.18. The van der Waals surface area contributed by atoms with Crippen molar-refractivity contribution in [3.8, 4) is 21.8 Å². The van der Waals surface area contributed by atoms with Crippen molar-refractivity contribution in [3.63, 3.8) is 0 Å². The zero-order valence-electron chi connectivity index (χ0n) is 9.47. The second-order valence-electron chi connectivity index (χ2n) is 3.98. The zero-order chi connectivity index (χ0) is 11.7. The summed E-state index contributed by atoms with van der Waals surface area (Å²) < 4.78 is 0. The molecule has 3 heteroatoms. The molecule has 84 valence electrons. The Morgan fingerprint density at radius 2 is 2.00 bits per heavy atom. The highest BCUT2D eigenvalue weighted by Gasteiger charge is 2.11. The summed E-state index contributed by atoms with van der Waals surface area (Å²) in [6.07, 6.45) is 1.76. The smallest absolute Gasteiger partial charge is 0.0969 e. The monoisotopic (exact) mass is 240 g/mol. The van der Waals surface area contributed by atoms with Gasteiger partial charge in [-0.15, -0.1) is 11.3 Å². The molecule has 0 radical (unpaired) electrons. The van der Waals surface area contributed by atoms with E-state index in [9.17, 15) is 0 Å². The summed E-state index contributed by atoms with van der Waals surface area (Å²) in [5, 5.41) is 2.16. The number of imidazole rings is 1. The van der Waals surface area contributed by atoms with Gasteiger partial charge in [-0.1, -0.05) is 30.3 Å². The van der Waals surface area contributed by atoms with Crippen LogP contribution in [-0.2, 0) is 0 Å². The first kappa shape index (κ1) is 10.3. The molecule has 0 aliphatic carbocycles. The predicted octanol–water partition coefficient (Wildman–Crippen LogP) is 4.11. The summed E-state index contributed by atoms with van der Waals surface area (Å²) in [6.45, 7) is 2.11. The number of H-pyrrole nitrogens is 1. The third-order valence-corrected chi connectivity index (χ3v) is 3.73. The fraction of sp³-hybridized carbons (Fsp3) is 0.0714. The highest BCUT2D eigenvalue weighted by Crippen LogP contribution is 2.32. The summed E-state index contributed by atoms with van der Waals surface area (Å²) in [5.41, 5.74) is 4.56. The average Bonchev–Trinajstić information content (AvgIpc) is 2.98. The van der Waals surface area contributed by atoms with E-state index in [1.807, 2.05) is 18.2 Å². The molecule has 17 heavy (non-hydrogen) atoms. The maximum Gasteiger partial charge on any atom is 0.0969 e. The Hall–Kier alpha value is -1.87. The van der Waals surface area contributed by atoms with Crippen molar-refractivity contribution >= 4 is 11.3 Å². The minimum absolute atomic E-state index is 1.02. The SMILES string of the molecule is Cc1csc(-c2[nH]cnc2-c2ccccc2)c1. The van der Waals surface area contributed by atoms with Crippen molar-refractivity contribution in [2.75, 3.05) is 0 Å². The first-order chi connectivity index (χ1) is 8.34. The molecule has 2 heterocycles. The number of nitrogens with one attached hydrogen (secondary N) is 1. The third-order valence-electron chi connectivity index (χ3n) is 2.66. The highest BCUT2D eigenvalue weighted by molar-refractivity contribution is 7.13. The van der Waals surface area contributed by atoms with E-state index < -0.39 is 0 Å². The van der Waals surface area contributed by atoms with E-state index in [1.165, 1.54) is 10.4 Å². The first-order valence-corrected chi connectivity index (χ1v) is 6.37. The summed E-state index contributed by atoms with van der Waals surface area (Å²) in [6, 6.07) is 12.4. The molecule has 0 saturated heterocycles. The second-order valence-corrected chi connectivity index (χ2v) is 4.89. The molecule has 0 fully saturated rings. The third kappa shape index (κ3) is 1.89. The van der Waals surface area contributed by atoms with E-state index in [-0.39, 0.29) is 0 Å². The van der Waals surface area contributed by atoms with E-state index in [4.69, 9.17) is 0 Å². The number of thiophene rings is 1. The van der Waals surface area contributed by atoms with Crippen molar-refractivity contribution in [1.29, 1.82) is 0 Å². The standard InChI is InChI=1S/C14H12N2S/c1-10-7-12(17-8-10)14-13(15-9-16-14)11-5-3-2-4-6-11/h2-9H,1H3,(H,15,16). The number of nitrogens with zero attached hydrogens (tertiary/aromatic N) is 1. The number of aromatic nitrogens is 2. The topological polar surface area (TPSA) is 28.7 Å². The van der Waals surface area contributed by atoms with E-state index >= 15 is 0 Å². The first-order valence-electron chi connectivity index (χ1n) is 5.49. The van der Waals surface area contributed by atoms with Crippen molar-refractivity contribution < 1.29 is 0 Å². The van der Waals surface area contributed by atoms with Crippen molar-refractivity contribution in [2.24, 2.45) is 0 Å². The zero-order valence-corrected chi connectivity index (χ0v) is 10.3. The Balaban J connectivity index is 2.12. The Kier molecular flexibility index (Phi) is 2.53. The van der Waals surface area contributed by atoms with Gasteiger partial charge in [0.1, 0.15) is 0 Å². The lowest BCUT2D eigenvalue weighted by Crippen LogP contribution is -1.80. The maximum atomic E-state index is 4.42. The Morgan fingerprint density at radius 1 is 1.18 bits per heavy atom. The molecule has 0 aliphatic rings. The van der Waals surface area contributed by atoms with Crippen LogP contribution >= 0.6 is 11.3 Å². The van der Waals surface area contributed by atoms with Gasteiger partial charge in [0.25, 0.3) is 0 Å². The van der Waals surface area contributed by atoms with Gasteiger partial charge in [-0.2, -0.15) is 0 Å². The predicted molar refractivity (Wildman–Crippen MR) is 72.1 cm³/mol. The van der Waals surface area contributed by atoms with Crippen LogP contribution in [0, 0.1) is 6.92 Å². The fourth-order valence-electron chi connectivity index (χ4n) is 1.86. The van der Waals surface area contributed by atoms with Crippen molar-refractivity contribution in [3.05, 3.63) is 53.7 Å². The van der Waals surface area contributed by atoms with Crippen LogP contribution in [-0.4, -0.2) is 9.97 Å². The van der Waals surface area contributed by atoms with Crippen molar-refractivity contribution in [1.82, 2.24) is 9.97 Å². The van der Waals surface area contributed by atoms with Crippen LogP contribution in [0.4, 0.5) is 0 Å². The minimum Gasteiger partial charge on any atom is -0.343 e. The molecule has 0 bridgehead atoms. The fourth-order valence-corrected chi connectivity index (χ4v) is 2.77. The van der Waals surface area contributed by atoms with Crippen LogP contribution in [0.25, 0.3) is 21.8 Å². The van der Waals surface area contributed by atoms with E-state index in [0.717, 1.165) is 17.0 Å². The van der Waals surface area contributed by atoms with E-state index in [1.54, 1.807) is 17.7 Å². The maximum absolute atomic E-state index is 4.42. The van der Waals surface area contributed by atoms with Crippen molar-refractivity contribution in [2.45, 2.75) is 6.92 Å². The molecule has 0 spiro atoms. The highest BCUT2D eigenvalue weighted by atomic mass is 32.1. The Bertz CT molecular complexity index is 622. The van der Waals surface area contributed by atoms with Gasteiger partial charge in [0.15, 0.2) is 0 Å². The van der Waals surface area contributed by atoms with Gasteiger partial charge in [0.2, 0.25) is 0 Å². The Morgan fingerprint density at radius 3 is 2.71 bits per heavy atom. The van der Waals surface area contributed by atoms with Crippen LogP contribution < -0.4 is 0 Å². The molecule has 1 aromatic carbocycles. The van der Waals surface area contributed by atoms with Gasteiger partial charge in [-0.3, -0.25) is 0 Å². The largest absolute Gasteiger partial charge is 0.343 e. The van der Waals surface area contributed by atoms with Crippen LogP contribution in [0.5, 0.6) is 0 Å². The molecule has 0 unspecified atom stereocenters. The van der Waals surface area contributed by atoms with Crippen LogP contribution in [0.2, 0.25) is 0 Å². The number of hydrogen-bond donors (Lipinski definition) is 1.